The number of nitrogens with zero attached hydrogens (tertiary/aromatic N) is 3. The van der Waals surface area contributed by atoms with Gasteiger partial charge in [-0.1, -0.05) is 0 Å². The maximum atomic E-state index is 13.0. The molecule has 3 heterocycles. The predicted octanol–water partition coefficient (Wildman–Crippen LogP) is 2.54. The van der Waals surface area contributed by atoms with Crippen molar-refractivity contribution in [2.45, 2.75) is 13.0 Å². The SMILES string of the molecule is Cc1csc(C2COCCN2C(=O)c2ccc3nc[nH]c3c2)n1. The molecule has 0 spiro atoms. The fourth-order valence-corrected chi connectivity index (χ4v) is 3.70. The van der Waals surface area contributed by atoms with E-state index in [-0.39, 0.29) is 11.9 Å². The summed E-state index contributed by atoms with van der Waals surface area (Å²) in [5.41, 5.74) is 3.35. The summed E-state index contributed by atoms with van der Waals surface area (Å²) in [4.78, 5) is 26.6. The molecule has 4 rings (SSSR count). The minimum atomic E-state index is -0.118. The third-order valence-corrected chi connectivity index (χ3v) is 5.04. The second-order valence-corrected chi connectivity index (χ2v) is 6.44. The number of hydrogen-bond acceptors (Lipinski definition) is 5. The molecule has 1 N–H and O–H groups in total. The number of imidazole rings is 1. The van der Waals surface area contributed by atoms with Gasteiger partial charge >= 0.3 is 0 Å². The molecule has 1 fully saturated rings. The number of thiazole rings is 1. The number of aryl methyl sites for hydroxylation is 1. The van der Waals surface area contributed by atoms with Crippen molar-refractivity contribution < 1.29 is 9.53 Å². The zero-order valence-corrected chi connectivity index (χ0v) is 13.5. The van der Waals surface area contributed by atoms with Crippen molar-refractivity contribution in [2.24, 2.45) is 0 Å². The molecule has 1 saturated heterocycles. The molecule has 7 heteroatoms. The van der Waals surface area contributed by atoms with Crippen LogP contribution in [0.4, 0.5) is 0 Å². The van der Waals surface area contributed by atoms with E-state index in [4.69, 9.17) is 4.74 Å². The molecule has 0 aliphatic carbocycles. The van der Waals surface area contributed by atoms with E-state index in [1.807, 2.05) is 35.4 Å². The minimum absolute atomic E-state index is 0.00246. The Morgan fingerprint density at radius 3 is 3.22 bits per heavy atom. The smallest absolute Gasteiger partial charge is 0.254 e. The van der Waals surface area contributed by atoms with Crippen molar-refractivity contribution >= 4 is 28.3 Å². The number of benzene rings is 1. The van der Waals surface area contributed by atoms with E-state index < -0.39 is 0 Å². The molecule has 3 aromatic rings. The van der Waals surface area contributed by atoms with Crippen LogP contribution in [0.2, 0.25) is 0 Å². The molecule has 2 aromatic heterocycles. The van der Waals surface area contributed by atoms with E-state index in [9.17, 15) is 4.79 Å². The van der Waals surface area contributed by atoms with E-state index in [0.29, 0.717) is 25.3 Å². The third kappa shape index (κ3) is 2.62. The second kappa shape index (κ2) is 5.75. The molecule has 118 valence electrons. The van der Waals surface area contributed by atoms with Crippen LogP contribution in [0.15, 0.2) is 29.9 Å². The summed E-state index contributed by atoms with van der Waals surface area (Å²) in [7, 11) is 0. The molecule has 1 aliphatic heterocycles. The zero-order chi connectivity index (χ0) is 15.8. The molecule has 0 bridgehead atoms. The Balaban J connectivity index is 1.66. The summed E-state index contributed by atoms with van der Waals surface area (Å²) in [5, 5.41) is 2.93. The second-order valence-electron chi connectivity index (χ2n) is 5.55. The number of aromatic amines is 1. The molecule has 0 radical (unpaired) electrons. The Labute approximate surface area is 137 Å². The summed E-state index contributed by atoms with van der Waals surface area (Å²) in [5.74, 6) is 0.00246. The minimum Gasteiger partial charge on any atom is -0.377 e. The lowest BCUT2D eigenvalue weighted by Crippen LogP contribution is -2.43. The highest BCUT2D eigenvalue weighted by atomic mass is 32.1. The monoisotopic (exact) mass is 328 g/mol. The van der Waals surface area contributed by atoms with Crippen LogP contribution in [0.1, 0.15) is 27.1 Å². The van der Waals surface area contributed by atoms with Crippen molar-refractivity contribution in [3.05, 3.63) is 46.2 Å². The first-order valence-electron chi connectivity index (χ1n) is 7.46. The lowest BCUT2D eigenvalue weighted by atomic mass is 10.1. The van der Waals surface area contributed by atoms with E-state index in [1.165, 1.54) is 0 Å². The van der Waals surface area contributed by atoms with Gasteiger partial charge in [-0.3, -0.25) is 4.79 Å². The molecule has 1 atom stereocenters. The van der Waals surface area contributed by atoms with Crippen LogP contribution < -0.4 is 0 Å². The zero-order valence-electron chi connectivity index (χ0n) is 12.7. The summed E-state index contributed by atoms with van der Waals surface area (Å²) < 4.78 is 5.58. The van der Waals surface area contributed by atoms with Crippen LogP contribution in [-0.4, -0.2) is 45.5 Å². The van der Waals surface area contributed by atoms with Crippen molar-refractivity contribution in [1.29, 1.82) is 0 Å². The van der Waals surface area contributed by atoms with Crippen molar-refractivity contribution in [2.75, 3.05) is 19.8 Å². The van der Waals surface area contributed by atoms with Gasteiger partial charge in [0.25, 0.3) is 5.91 Å². The summed E-state index contributed by atoms with van der Waals surface area (Å²) in [6.07, 6.45) is 1.63. The van der Waals surface area contributed by atoms with Gasteiger partial charge in [0.05, 0.1) is 30.6 Å². The fourth-order valence-electron chi connectivity index (χ4n) is 2.81. The topological polar surface area (TPSA) is 71.1 Å². The Morgan fingerprint density at radius 1 is 1.48 bits per heavy atom. The first-order valence-corrected chi connectivity index (χ1v) is 8.34. The Hall–Kier alpha value is -2.25. The number of carbonyl (C=O) groups excluding carboxylic acids is 1. The van der Waals surface area contributed by atoms with E-state index >= 15 is 0 Å². The van der Waals surface area contributed by atoms with Crippen LogP contribution in [0.3, 0.4) is 0 Å². The maximum Gasteiger partial charge on any atom is 0.254 e. The molecule has 1 amide bonds. The van der Waals surface area contributed by atoms with Crippen LogP contribution >= 0.6 is 11.3 Å². The van der Waals surface area contributed by atoms with Gasteiger partial charge in [0.1, 0.15) is 11.0 Å². The Kier molecular flexibility index (Phi) is 3.59. The predicted molar refractivity (Wildman–Crippen MR) is 87.5 cm³/mol. The first-order chi connectivity index (χ1) is 11.2. The molecule has 1 aromatic carbocycles. The third-order valence-electron chi connectivity index (χ3n) is 3.98. The molecule has 1 unspecified atom stereocenters. The molecular formula is C16H16N4O2S. The van der Waals surface area contributed by atoms with Gasteiger partial charge in [0.2, 0.25) is 0 Å². The number of nitrogens with one attached hydrogen (secondary N) is 1. The van der Waals surface area contributed by atoms with Crippen molar-refractivity contribution in [3.63, 3.8) is 0 Å². The Morgan fingerprint density at radius 2 is 2.39 bits per heavy atom. The van der Waals surface area contributed by atoms with Gasteiger partial charge in [0.15, 0.2) is 0 Å². The van der Waals surface area contributed by atoms with Gasteiger partial charge in [-0.05, 0) is 25.1 Å². The maximum absolute atomic E-state index is 13.0. The normalized spacial score (nSPS) is 18.5. The summed E-state index contributed by atoms with van der Waals surface area (Å²) in [6, 6.07) is 5.42. The number of carbonyl (C=O) groups is 1. The quantitative estimate of drug-likeness (QED) is 0.785. The van der Waals surface area contributed by atoms with E-state index in [1.54, 1.807) is 17.7 Å². The van der Waals surface area contributed by atoms with Crippen LogP contribution in [-0.2, 0) is 4.74 Å². The molecule has 6 nitrogen and oxygen atoms in total. The number of rotatable bonds is 2. The van der Waals surface area contributed by atoms with Gasteiger partial charge in [-0.25, -0.2) is 9.97 Å². The van der Waals surface area contributed by atoms with Crippen LogP contribution in [0.5, 0.6) is 0 Å². The molecule has 1 aliphatic rings. The molecule has 23 heavy (non-hydrogen) atoms. The van der Waals surface area contributed by atoms with Crippen LogP contribution in [0.25, 0.3) is 11.0 Å². The largest absolute Gasteiger partial charge is 0.377 e. The number of hydrogen-bond donors (Lipinski definition) is 1. The highest BCUT2D eigenvalue weighted by molar-refractivity contribution is 7.09. The molecular weight excluding hydrogens is 312 g/mol. The van der Waals surface area contributed by atoms with Crippen molar-refractivity contribution in [3.8, 4) is 0 Å². The molecule has 0 saturated carbocycles. The summed E-state index contributed by atoms with van der Waals surface area (Å²) >= 11 is 1.58. The Bertz CT molecular complexity index is 857. The van der Waals surface area contributed by atoms with E-state index in [2.05, 4.69) is 15.0 Å². The summed E-state index contributed by atoms with van der Waals surface area (Å²) in [6.45, 7) is 3.58. The highest BCUT2D eigenvalue weighted by Gasteiger charge is 2.31. The average molecular weight is 328 g/mol. The van der Waals surface area contributed by atoms with Gasteiger partial charge < -0.3 is 14.6 Å². The number of ether oxygens (including phenoxy) is 1. The first kappa shape index (κ1) is 14.3. The van der Waals surface area contributed by atoms with Crippen LogP contribution in [0, 0.1) is 6.92 Å². The lowest BCUT2D eigenvalue weighted by Gasteiger charge is -2.34. The van der Waals surface area contributed by atoms with E-state index in [0.717, 1.165) is 21.7 Å². The lowest BCUT2D eigenvalue weighted by molar-refractivity contribution is -0.00276. The number of H-pyrrole nitrogens is 1. The van der Waals surface area contributed by atoms with Gasteiger partial charge in [0, 0.05) is 23.2 Å². The number of fused-ring (bicyclic) bond motifs is 1. The van der Waals surface area contributed by atoms with Gasteiger partial charge in [-0.15, -0.1) is 11.3 Å². The average Bonchev–Trinajstić information content (AvgIpc) is 3.22. The van der Waals surface area contributed by atoms with Crippen molar-refractivity contribution in [1.82, 2.24) is 19.9 Å². The highest BCUT2D eigenvalue weighted by Crippen LogP contribution is 2.28. The standard InChI is InChI=1S/C16H16N4O2S/c1-10-8-23-15(19-10)14-7-22-5-4-20(14)16(21)11-2-3-12-13(6-11)18-9-17-12/h2-3,6,8-9,14H,4-5,7H2,1H3,(H,17,18). The fraction of sp³-hybridized carbons (Fsp3) is 0.312. The van der Waals surface area contributed by atoms with Gasteiger partial charge in [-0.2, -0.15) is 0 Å². The number of morpholine rings is 1. The number of aromatic nitrogens is 3. The number of amides is 1.